The first-order valence-corrected chi connectivity index (χ1v) is 8.76. The van der Waals surface area contributed by atoms with Gasteiger partial charge in [0.1, 0.15) is 0 Å². The number of nitrogens with one attached hydrogen (secondary N) is 1. The molecular formula is C15H27NO3S. The molecule has 1 aliphatic rings. The highest BCUT2D eigenvalue weighted by Gasteiger charge is 2.31. The third-order valence-corrected chi connectivity index (χ3v) is 6.34. The van der Waals surface area contributed by atoms with Gasteiger partial charge in [-0.15, -0.1) is 0 Å². The zero-order valence-electron chi connectivity index (χ0n) is 12.8. The van der Waals surface area contributed by atoms with Crippen LogP contribution in [0.1, 0.15) is 52.4 Å². The first-order chi connectivity index (χ1) is 9.48. The molecule has 5 heteroatoms. The Morgan fingerprint density at radius 2 is 1.65 bits per heavy atom. The molecule has 0 unspecified atom stereocenters. The average Bonchev–Trinajstić information content (AvgIpc) is 2.49. The molecule has 1 amide bonds. The van der Waals surface area contributed by atoms with Crippen molar-refractivity contribution in [1.29, 1.82) is 0 Å². The van der Waals surface area contributed by atoms with Gasteiger partial charge in [-0.05, 0) is 44.8 Å². The summed E-state index contributed by atoms with van der Waals surface area (Å²) >= 11 is 1.82. The molecule has 2 N–H and O–H groups in total. The van der Waals surface area contributed by atoms with E-state index >= 15 is 0 Å². The minimum Gasteiger partial charge on any atom is -0.481 e. The molecule has 116 valence electrons. The van der Waals surface area contributed by atoms with Crippen LogP contribution >= 0.6 is 11.8 Å². The maximum atomic E-state index is 12.2. The molecule has 0 aliphatic heterocycles. The fraction of sp³-hybridized carbons (Fsp3) is 0.867. The predicted molar refractivity (Wildman–Crippen MR) is 82.9 cm³/mol. The lowest BCUT2D eigenvalue weighted by atomic mass is 9.81. The lowest BCUT2D eigenvalue weighted by Crippen LogP contribution is -2.43. The molecule has 0 aromatic heterocycles. The van der Waals surface area contributed by atoms with Crippen LogP contribution in [0.15, 0.2) is 0 Å². The highest BCUT2D eigenvalue weighted by molar-refractivity contribution is 8.00. The summed E-state index contributed by atoms with van der Waals surface area (Å²) in [5.41, 5.74) is 0. The number of hydrogen-bond acceptors (Lipinski definition) is 3. The van der Waals surface area contributed by atoms with Crippen LogP contribution in [-0.2, 0) is 9.59 Å². The van der Waals surface area contributed by atoms with Gasteiger partial charge in [0.2, 0.25) is 5.91 Å². The molecule has 4 nitrogen and oxygen atoms in total. The number of amides is 1. The molecule has 0 aromatic carbocycles. The van der Waals surface area contributed by atoms with E-state index in [9.17, 15) is 9.59 Å². The Bertz CT molecular complexity index is 326. The van der Waals surface area contributed by atoms with Gasteiger partial charge in [-0.25, -0.2) is 0 Å². The van der Waals surface area contributed by atoms with E-state index in [1.807, 2.05) is 11.8 Å². The number of thioether (sulfide) groups is 1. The molecule has 1 fully saturated rings. The Morgan fingerprint density at radius 1 is 1.15 bits per heavy atom. The van der Waals surface area contributed by atoms with E-state index in [0.717, 1.165) is 12.8 Å². The van der Waals surface area contributed by atoms with Crippen LogP contribution in [-0.4, -0.2) is 34.5 Å². The molecule has 0 heterocycles. The van der Waals surface area contributed by atoms with Crippen molar-refractivity contribution in [3.63, 3.8) is 0 Å². The van der Waals surface area contributed by atoms with E-state index in [1.54, 1.807) is 0 Å². The van der Waals surface area contributed by atoms with Crippen LogP contribution in [0.5, 0.6) is 0 Å². The standard InChI is InChI=1S/C15H27NO3S/c1-4-15(5-2,20-3)10-16-13(17)11-6-8-12(9-7-11)14(18)19/h11-12H,4-10H2,1-3H3,(H,16,17)(H,18,19). The third kappa shape index (κ3) is 4.40. The summed E-state index contributed by atoms with van der Waals surface area (Å²) in [6.45, 7) is 5.02. The van der Waals surface area contributed by atoms with E-state index in [2.05, 4.69) is 25.4 Å². The molecule has 0 spiro atoms. The van der Waals surface area contributed by atoms with E-state index in [0.29, 0.717) is 32.2 Å². The smallest absolute Gasteiger partial charge is 0.306 e. The molecule has 0 atom stereocenters. The molecule has 0 saturated heterocycles. The Labute approximate surface area is 126 Å². The minimum atomic E-state index is -0.720. The largest absolute Gasteiger partial charge is 0.481 e. The number of carboxylic acids is 1. The molecular weight excluding hydrogens is 274 g/mol. The summed E-state index contributed by atoms with van der Waals surface area (Å²) in [4.78, 5) is 23.1. The first kappa shape index (κ1) is 17.3. The molecule has 0 bridgehead atoms. The van der Waals surface area contributed by atoms with Gasteiger partial charge >= 0.3 is 5.97 Å². The average molecular weight is 301 g/mol. The number of carbonyl (C=O) groups is 2. The van der Waals surface area contributed by atoms with Gasteiger partial charge in [0.05, 0.1) is 5.92 Å². The van der Waals surface area contributed by atoms with Gasteiger partial charge in [-0.2, -0.15) is 11.8 Å². The number of aliphatic carboxylic acids is 1. The van der Waals surface area contributed by atoms with Crippen molar-refractivity contribution < 1.29 is 14.7 Å². The van der Waals surface area contributed by atoms with Crippen molar-refractivity contribution in [3.8, 4) is 0 Å². The Hall–Kier alpha value is -0.710. The van der Waals surface area contributed by atoms with Gasteiger partial charge in [0, 0.05) is 17.2 Å². The summed E-state index contributed by atoms with van der Waals surface area (Å²) in [6.07, 6.45) is 6.83. The summed E-state index contributed by atoms with van der Waals surface area (Å²) in [5, 5.41) is 12.0. The monoisotopic (exact) mass is 301 g/mol. The minimum absolute atomic E-state index is 0.00105. The highest BCUT2D eigenvalue weighted by atomic mass is 32.2. The van der Waals surface area contributed by atoms with Crippen molar-refractivity contribution in [2.75, 3.05) is 12.8 Å². The summed E-state index contributed by atoms with van der Waals surface area (Å²) < 4.78 is 0.133. The van der Waals surface area contributed by atoms with E-state index in [4.69, 9.17) is 5.11 Å². The fourth-order valence-corrected chi connectivity index (χ4v) is 3.65. The zero-order valence-corrected chi connectivity index (χ0v) is 13.6. The maximum Gasteiger partial charge on any atom is 0.306 e. The number of carbonyl (C=O) groups excluding carboxylic acids is 1. The van der Waals surface area contributed by atoms with Crippen LogP contribution in [0.3, 0.4) is 0 Å². The SMILES string of the molecule is CCC(CC)(CNC(=O)C1CCC(C(=O)O)CC1)SC. The van der Waals surface area contributed by atoms with Crippen LogP contribution in [0.25, 0.3) is 0 Å². The van der Waals surface area contributed by atoms with Gasteiger partial charge in [0.15, 0.2) is 0 Å². The molecule has 1 rings (SSSR count). The molecule has 20 heavy (non-hydrogen) atoms. The summed E-state index contributed by atoms with van der Waals surface area (Å²) in [6, 6.07) is 0. The fourth-order valence-electron chi connectivity index (χ4n) is 2.86. The van der Waals surface area contributed by atoms with E-state index in [1.165, 1.54) is 0 Å². The zero-order chi connectivity index (χ0) is 15.2. The summed E-state index contributed by atoms with van der Waals surface area (Å²) in [5.74, 6) is -0.870. The Kier molecular flexibility index (Phi) is 6.86. The van der Waals surface area contributed by atoms with Crippen LogP contribution in [0.4, 0.5) is 0 Å². The van der Waals surface area contributed by atoms with Crippen LogP contribution in [0.2, 0.25) is 0 Å². The Morgan fingerprint density at radius 3 is 2.05 bits per heavy atom. The molecule has 1 saturated carbocycles. The van der Waals surface area contributed by atoms with Crippen LogP contribution in [0, 0.1) is 11.8 Å². The van der Waals surface area contributed by atoms with Gasteiger partial charge in [0.25, 0.3) is 0 Å². The first-order valence-electron chi connectivity index (χ1n) is 7.53. The number of hydrogen-bond donors (Lipinski definition) is 2. The normalized spacial score (nSPS) is 23.4. The van der Waals surface area contributed by atoms with Crippen LogP contribution < -0.4 is 5.32 Å². The lowest BCUT2D eigenvalue weighted by Gasteiger charge is -2.31. The van der Waals surface area contributed by atoms with Crippen molar-refractivity contribution in [1.82, 2.24) is 5.32 Å². The second-order valence-electron chi connectivity index (χ2n) is 5.70. The quantitative estimate of drug-likeness (QED) is 0.759. The summed E-state index contributed by atoms with van der Waals surface area (Å²) in [7, 11) is 0. The van der Waals surface area contributed by atoms with E-state index < -0.39 is 5.97 Å². The van der Waals surface area contributed by atoms with Gasteiger partial charge < -0.3 is 10.4 Å². The van der Waals surface area contributed by atoms with E-state index in [-0.39, 0.29) is 22.5 Å². The highest BCUT2D eigenvalue weighted by Crippen LogP contribution is 2.31. The van der Waals surface area contributed by atoms with Crippen molar-refractivity contribution in [2.24, 2.45) is 11.8 Å². The number of rotatable bonds is 7. The second-order valence-corrected chi connectivity index (χ2v) is 6.97. The van der Waals surface area contributed by atoms with Crippen molar-refractivity contribution >= 4 is 23.6 Å². The van der Waals surface area contributed by atoms with Crippen molar-refractivity contribution in [3.05, 3.63) is 0 Å². The molecule has 0 radical (unpaired) electrons. The Balaban J connectivity index is 2.42. The number of carboxylic acid groups (broad SMARTS) is 1. The molecule has 0 aromatic rings. The third-order valence-electron chi connectivity index (χ3n) is 4.75. The molecule has 1 aliphatic carbocycles. The predicted octanol–water partition coefficient (Wildman–Crippen LogP) is 2.92. The second kappa shape index (κ2) is 7.91. The topological polar surface area (TPSA) is 66.4 Å². The van der Waals surface area contributed by atoms with Crippen molar-refractivity contribution in [2.45, 2.75) is 57.1 Å². The maximum absolute atomic E-state index is 12.2. The lowest BCUT2D eigenvalue weighted by molar-refractivity contribution is -0.144. The van der Waals surface area contributed by atoms with Gasteiger partial charge in [-0.3, -0.25) is 9.59 Å². The van der Waals surface area contributed by atoms with Gasteiger partial charge in [-0.1, -0.05) is 13.8 Å².